The predicted molar refractivity (Wildman–Crippen MR) is 156 cm³/mol. The first-order valence-corrected chi connectivity index (χ1v) is 16.2. The molecule has 4 rings (SSSR count). The zero-order valence-electron chi connectivity index (χ0n) is 24.4. The van der Waals surface area contributed by atoms with Crippen molar-refractivity contribution in [2.24, 2.45) is 0 Å². The Labute approximate surface area is 239 Å². The number of halogens is 2. The van der Waals surface area contributed by atoms with E-state index in [1.807, 2.05) is 6.07 Å². The molecule has 0 unspecified atom stereocenters. The summed E-state index contributed by atoms with van der Waals surface area (Å²) in [7, 11) is -0.591. The largest absolute Gasteiger partial charge is 0.416 e. The SMILES string of the molecule is CNC(=O)c1cc(Nc2nccc(-c3cc(C#N)c4c(c3)[C@@](C)(CO[Si](C)(C)C(C)(C)C)CN4)n2)nn1CC(F)F. The van der Waals surface area contributed by atoms with Gasteiger partial charge in [-0.15, -0.1) is 0 Å². The van der Waals surface area contributed by atoms with Gasteiger partial charge in [-0.25, -0.2) is 18.7 Å². The number of aromatic nitrogens is 4. The van der Waals surface area contributed by atoms with Gasteiger partial charge < -0.3 is 20.4 Å². The minimum Gasteiger partial charge on any atom is -0.416 e. The highest BCUT2D eigenvalue weighted by atomic mass is 28.4. The van der Waals surface area contributed by atoms with E-state index in [4.69, 9.17) is 4.43 Å². The molecule has 0 saturated heterocycles. The molecule has 13 heteroatoms. The normalized spacial score (nSPS) is 16.7. The Morgan fingerprint density at radius 2 is 2.05 bits per heavy atom. The van der Waals surface area contributed by atoms with E-state index in [2.05, 4.69) is 77.9 Å². The van der Waals surface area contributed by atoms with Gasteiger partial charge in [0, 0.05) is 43.4 Å². The van der Waals surface area contributed by atoms with Crippen molar-refractivity contribution in [3.8, 4) is 17.3 Å². The van der Waals surface area contributed by atoms with Crippen LogP contribution in [0.4, 0.5) is 26.2 Å². The summed E-state index contributed by atoms with van der Waals surface area (Å²) in [6.07, 6.45) is -1.13. The van der Waals surface area contributed by atoms with Crippen molar-refractivity contribution in [3.05, 3.63) is 47.3 Å². The standard InChI is InChI=1S/C28H36F2N8O2Si/c1-27(2,3)41(6,7)40-16-28(4)15-34-24-18(13-31)10-17(11-19(24)28)20-8-9-33-26(35-20)36-23-12-21(25(39)32-5)38(37-23)14-22(29)30/h8-12,22,34H,14-16H2,1-7H3,(H,32,39)(H,33,35,36,37)/t28-/m1/s1. The number of hydrogen-bond donors (Lipinski definition) is 3. The highest BCUT2D eigenvalue weighted by molar-refractivity contribution is 6.74. The van der Waals surface area contributed by atoms with Crippen LogP contribution in [-0.2, 0) is 16.4 Å². The summed E-state index contributed by atoms with van der Waals surface area (Å²) in [5.41, 5.74) is 3.20. The summed E-state index contributed by atoms with van der Waals surface area (Å²) in [4.78, 5) is 21.0. The first-order chi connectivity index (χ1) is 19.2. The van der Waals surface area contributed by atoms with E-state index >= 15 is 0 Å². The highest BCUT2D eigenvalue weighted by Gasteiger charge is 2.42. The van der Waals surface area contributed by atoms with Crippen molar-refractivity contribution in [1.29, 1.82) is 5.26 Å². The summed E-state index contributed by atoms with van der Waals surface area (Å²) < 4.78 is 33.6. The lowest BCUT2D eigenvalue weighted by Gasteiger charge is -2.39. The van der Waals surface area contributed by atoms with Crippen LogP contribution >= 0.6 is 0 Å². The number of rotatable bonds is 9. The number of anilines is 3. The molecule has 1 atom stereocenters. The second kappa shape index (κ2) is 11.2. The Morgan fingerprint density at radius 3 is 2.68 bits per heavy atom. The minimum absolute atomic E-state index is 0.0181. The van der Waals surface area contributed by atoms with Crippen LogP contribution in [0.3, 0.4) is 0 Å². The summed E-state index contributed by atoms with van der Waals surface area (Å²) in [5.74, 6) is -0.237. The van der Waals surface area contributed by atoms with Crippen molar-refractivity contribution in [2.75, 3.05) is 30.8 Å². The first kappa shape index (κ1) is 30.1. The number of nitrogens with one attached hydrogen (secondary N) is 3. The Morgan fingerprint density at radius 1 is 1.32 bits per heavy atom. The predicted octanol–water partition coefficient (Wildman–Crippen LogP) is 5.29. The van der Waals surface area contributed by atoms with Gasteiger partial charge in [-0.3, -0.25) is 9.48 Å². The second-order valence-electron chi connectivity index (χ2n) is 12.0. The number of benzene rings is 1. The number of amides is 1. The number of carbonyl (C=O) groups excluding carboxylic acids is 1. The molecule has 0 aliphatic carbocycles. The number of carbonyl (C=O) groups is 1. The van der Waals surface area contributed by atoms with E-state index in [0.717, 1.165) is 21.5 Å². The molecule has 1 aliphatic rings. The number of hydrogen-bond acceptors (Lipinski definition) is 8. The maximum absolute atomic E-state index is 13.0. The number of nitriles is 1. The van der Waals surface area contributed by atoms with Crippen molar-refractivity contribution in [3.63, 3.8) is 0 Å². The third kappa shape index (κ3) is 6.23. The van der Waals surface area contributed by atoms with Gasteiger partial charge in [0.25, 0.3) is 12.3 Å². The van der Waals surface area contributed by atoms with Gasteiger partial charge in [-0.05, 0) is 41.9 Å². The molecule has 3 N–H and O–H groups in total. The van der Waals surface area contributed by atoms with Gasteiger partial charge in [-0.1, -0.05) is 27.7 Å². The molecule has 0 saturated carbocycles. The van der Waals surface area contributed by atoms with Gasteiger partial charge in [0.05, 0.1) is 16.9 Å². The van der Waals surface area contributed by atoms with Gasteiger partial charge in [0.2, 0.25) is 5.95 Å². The number of fused-ring (bicyclic) bond motifs is 1. The topological polar surface area (TPSA) is 130 Å². The molecule has 1 aromatic carbocycles. The summed E-state index contributed by atoms with van der Waals surface area (Å²) >= 11 is 0. The molecule has 3 aromatic rings. The average molecular weight is 583 g/mol. The molecule has 0 spiro atoms. The van der Waals surface area contributed by atoms with Crippen LogP contribution < -0.4 is 16.0 Å². The molecular weight excluding hydrogens is 546 g/mol. The number of alkyl halides is 2. The van der Waals surface area contributed by atoms with Crippen LogP contribution in [0.5, 0.6) is 0 Å². The third-order valence-corrected chi connectivity index (χ3v) is 12.3. The maximum Gasteiger partial charge on any atom is 0.269 e. The molecule has 218 valence electrons. The Kier molecular flexibility index (Phi) is 8.20. The molecule has 1 amide bonds. The molecule has 41 heavy (non-hydrogen) atoms. The van der Waals surface area contributed by atoms with Crippen LogP contribution in [0.2, 0.25) is 18.1 Å². The zero-order valence-corrected chi connectivity index (χ0v) is 25.4. The van der Waals surface area contributed by atoms with Gasteiger partial charge in [0.15, 0.2) is 14.1 Å². The van der Waals surface area contributed by atoms with E-state index < -0.39 is 27.2 Å². The fraction of sp³-hybridized carbons (Fsp3) is 0.464. The van der Waals surface area contributed by atoms with E-state index in [1.165, 1.54) is 13.1 Å². The Hall–Kier alpha value is -3.89. The minimum atomic E-state index is -2.69. The molecule has 3 heterocycles. The van der Waals surface area contributed by atoms with Crippen molar-refractivity contribution in [2.45, 2.75) is 64.2 Å². The van der Waals surface area contributed by atoms with E-state index in [1.54, 1.807) is 18.3 Å². The third-order valence-electron chi connectivity index (χ3n) is 7.86. The van der Waals surface area contributed by atoms with Gasteiger partial charge >= 0.3 is 0 Å². The van der Waals surface area contributed by atoms with Crippen LogP contribution in [-0.4, -0.2) is 60.6 Å². The highest BCUT2D eigenvalue weighted by Crippen LogP contribution is 2.44. The van der Waals surface area contributed by atoms with E-state index in [9.17, 15) is 18.8 Å². The molecule has 2 aromatic heterocycles. The smallest absolute Gasteiger partial charge is 0.269 e. The lowest BCUT2D eigenvalue weighted by molar-refractivity contribution is 0.0932. The monoisotopic (exact) mass is 582 g/mol. The van der Waals surface area contributed by atoms with Crippen LogP contribution in [0.25, 0.3) is 11.3 Å². The summed E-state index contributed by atoms with van der Waals surface area (Å²) in [5, 5.41) is 22.9. The lowest BCUT2D eigenvalue weighted by Crippen LogP contribution is -2.45. The Bertz CT molecular complexity index is 1500. The average Bonchev–Trinajstić information content (AvgIpc) is 3.46. The lowest BCUT2D eigenvalue weighted by atomic mass is 9.83. The van der Waals surface area contributed by atoms with Crippen LogP contribution in [0, 0.1) is 11.3 Å². The molecule has 0 radical (unpaired) electrons. The zero-order chi connectivity index (χ0) is 30.2. The molecule has 1 aliphatic heterocycles. The fourth-order valence-corrected chi connectivity index (χ4v) is 5.47. The van der Waals surface area contributed by atoms with E-state index in [0.29, 0.717) is 24.4 Å². The van der Waals surface area contributed by atoms with Crippen LogP contribution in [0.1, 0.15) is 49.3 Å². The van der Waals surface area contributed by atoms with Crippen molar-refractivity contribution < 1.29 is 18.0 Å². The maximum atomic E-state index is 13.0. The molecule has 0 bridgehead atoms. The quantitative estimate of drug-likeness (QED) is 0.291. The van der Waals surface area contributed by atoms with Gasteiger partial charge in [0.1, 0.15) is 18.3 Å². The number of nitrogens with zero attached hydrogens (tertiary/aromatic N) is 5. The summed E-state index contributed by atoms with van der Waals surface area (Å²) in [6, 6.07) is 9.19. The van der Waals surface area contributed by atoms with E-state index in [-0.39, 0.29) is 27.9 Å². The van der Waals surface area contributed by atoms with Crippen LogP contribution in [0.15, 0.2) is 30.5 Å². The van der Waals surface area contributed by atoms with Crippen molar-refractivity contribution >= 4 is 31.7 Å². The summed E-state index contributed by atoms with van der Waals surface area (Å²) in [6.45, 7) is 13.6. The molecule has 0 fully saturated rings. The fourth-order valence-electron chi connectivity index (χ4n) is 4.36. The second-order valence-corrected chi connectivity index (χ2v) is 16.8. The van der Waals surface area contributed by atoms with Crippen molar-refractivity contribution in [1.82, 2.24) is 25.1 Å². The Balaban J connectivity index is 1.65. The molecular formula is C28H36F2N8O2Si. The molecule has 10 nitrogen and oxygen atoms in total. The first-order valence-electron chi connectivity index (χ1n) is 13.3. The van der Waals surface area contributed by atoms with Gasteiger partial charge in [-0.2, -0.15) is 10.4 Å².